The summed E-state index contributed by atoms with van der Waals surface area (Å²) in [5.41, 5.74) is 0.0143. The van der Waals surface area contributed by atoms with E-state index in [9.17, 15) is 4.79 Å². The number of carbonyl (C=O) groups is 1. The van der Waals surface area contributed by atoms with Crippen molar-refractivity contribution in [3.8, 4) is 0 Å². The molecule has 3 rings (SSSR count). The first kappa shape index (κ1) is 15.1. The smallest absolute Gasteiger partial charge is 0.316 e. The lowest BCUT2D eigenvalue weighted by molar-refractivity contribution is -0.149. The Bertz CT molecular complexity index is 482. The molecule has 0 aliphatic heterocycles. The molecule has 5 atom stereocenters. The summed E-state index contributed by atoms with van der Waals surface area (Å²) in [6.45, 7) is 12.9. The van der Waals surface area contributed by atoms with Crippen LogP contribution in [0.5, 0.6) is 0 Å². The monoisotopic (exact) mass is 290 g/mol. The molecule has 2 fully saturated rings. The first-order valence-corrected chi connectivity index (χ1v) is 8.62. The zero-order valence-electron chi connectivity index (χ0n) is 14.4. The minimum atomic E-state index is -0.417. The van der Waals surface area contributed by atoms with E-state index in [4.69, 9.17) is 4.74 Å². The van der Waals surface area contributed by atoms with Gasteiger partial charge in [0.1, 0.15) is 5.76 Å². The maximum absolute atomic E-state index is 12.2. The zero-order chi connectivity index (χ0) is 15.6. The van der Waals surface area contributed by atoms with E-state index in [1.807, 2.05) is 20.8 Å². The van der Waals surface area contributed by atoms with Gasteiger partial charge in [-0.15, -0.1) is 0 Å². The van der Waals surface area contributed by atoms with Crippen LogP contribution in [0.4, 0.5) is 0 Å². The van der Waals surface area contributed by atoms with E-state index in [2.05, 4.69) is 26.8 Å². The highest BCUT2D eigenvalue weighted by molar-refractivity contribution is 5.76. The third kappa shape index (κ3) is 2.09. The van der Waals surface area contributed by atoms with Crippen LogP contribution in [0.1, 0.15) is 60.8 Å². The number of carbonyl (C=O) groups excluding carboxylic acids is 1. The second-order valence-corrected chi connectivity index (χ2v) is 8.95. The molecule has 0 N–H and O–H groups in total. The van der Waals surface area contributed by atoms with Gasteiger partial charge in [0.2, 0.25) is 0 Å². The molecular weight excluding hydrogens is 260 g/mol. The maximum Gasteiger partial charge on any atom is 0.316 e. The van der Waals surface area contributed by atoms with Gasteiger partial charge < -0.3 is 4.74 Å². The maximum atomic E-state index is 12.2. The van der Waals surface area contributed by atoms with Crippen LogP contribution in [-0.4, -0.2) is 5.97 Å². The number of hydrogen-bond acceptors (Lipinski definition) is 2. The molecule has 0 aromatic rings. The Hall–Kier alpha value is -0.790. The standard InChI is InChI=1S/C19H30O2/c1-11(2)13-8-7-12(3)19-10-9-14(16(19)15(13)19)21-17(20)18(4,5)6/h9,11-13,15-16H,7-8,10H2,1-6H3/t12-,13+,15-,16?,19-/m1/s1. The highest BCUT2D eigenvalue weighted by atomic mass is 16.5. The minimum Gasteiger partial charge on any atom is -0.431 e. The molecular formula is C19H30O2. The SMILES string of the molecule is CC(C)[C@@H]1CC[C@@H](C)[C@@]23CC=C(OC(=O)C(C)(C)C)C2[C@@H]13. The first-order chi connectivity index (χ1) is 9.69. The third-order valence-electron chi connectivity index (χ3n) is 6.40. The van der Waals surface area contributed by atoms with Gasteiger partial charge in [0.25, 0.3) is 0 Å². The van der Waals surface area contributed by atoms with E-state index >= 15 is 0 Å². The predicted octanol–water partition coefficient (Wildman–Crippen LogP) is 4.80. The van der Waals surface area contributed by atoms with Gasteiger partial charge in [-0.05, 0) is 75.2 Å². The van der Waals surface area contributed by atoms with Crippen molar-refractivity contribution in [3.05, 3.63) is 11.8 Å². The molecule has 118 valence electrons. The van der Waals surface area contributed by atoms with Crippen molar-refractivity contribution in [1.29, 1.82) is 0 Å². The average Bonchev–Trinajstić information content (AvgIpc) is 2.91. The van der Waals surface area contributed by atoms with E-state index in [1.165, 1.54) is 12.8 Å². The molecule has 0 amide bonds. The molecule has 3 aliphatic rings. The Morgan fingerprint density at radius 3 is 2.57 bits per heavy atom. The highest BCUT2D eigenvalue weighted by Crippen LogP contribution is 2.78. The predicted molar refractivity (Wildman–Crippen MR) is 84.4 cm³/mol. The van der Waals surface area contributed by atoms with Crippen LogP contribution >= 0.6 is 0 Å². The molecule has 0 aromatic heterocycles. The third-order valence-corrected chi connectivity index (χ3v) is 6.40. The van der Waals surface area contributed by atoms with Crippen molar-refractivity contribution in [2.45, 2.75) is 60.8 Å². The van der Waals surface area contributed by atoms with Gasteiger partial charge in [0.15, 0.2) is 0 Å². The molecule has 0 saturated heterocycles. The molecule has 0 bridgehead atoms. The molecule has 0 radical (unpaired) electrons. The number of esters is 1. The van der Waals surface area contributed by atoms with Crippen LogP contribution in [-0.2, 0) is 9.53 Å². The van der Waals surface area contributed by atoms with Gasteiger partial charge >= 0.3 is 5.97 Å². The Morgan fingerprint density at radius 1 is 1.33 bits per heavy atom. The van der Waals surface area contributed by atoms with Crippen molar-refractivity contribution in [3.63, 3.8) is 0 Å². The molecule has 0 heterocycles. The van der Waals surface area contributed by atoms with Crippen LogP contribution in [0.2, 0.25) is 0 Å². The summed E-state index contributed by atoms with van der Waals surface area (Å²) < 4.78 is 5.81. The summed E-state index contributed by atoms with van der Waals surface area (Å²) in [4.78, 5) is 12.2. The van der Waals surface area contributed by atoms with Crippen molar-refractivity contribution in [2.24, 2.45) is 40.4 Å². The number of ether oxygens (including phenoxy) is 1. The summed E-state index contributed by atoms with van der Waals surface area (Å²) in [5, 5.41) is 0. The molecule has 21 heavy (non-hydrogen) atoms. The van der Waals surface area contributed by atoms with Gasteiger partial charge in [0.05, 0.1) is 5.41 Å². The van der Waals surface area contributed by atoms with E-state index < -0.39 is 5.41 Å². The average molecular weight is 290 g/mol. The van der Waals surface area contributed by atoms with Gasteiger partial charge in [-0.2, -0.15) is 0 Å². The zero-order valence-corrected chi connectivity index (χ0v) is 14.4. The van der Waals surface area contributed by atoms with Crippen LogP contribution in [0, 0.1) is 40.4 Å². The van der Waals surface area contributed by atoms with Crippen molar-refractivity contribution >= 4 is 5.97 Å². The molecule has 3 aliphatic carbocycles. The number of fused-ring (bicyclic) bond motifs is 1. The second kappa shape index (κ2) is 4.60. The summed E-state index contributed by atoms with van der Waals surface area (Å²) in [5.74, 6) is 4.52. The topological polar surface area (TPSA) is 26.3 Å². The Morgan fingerprint density at radius 2 is 2.00 bits per heavy atom. The fraction of sp³-hybridized carbons (Fsp3) is 0.842. The van der Waals surface area contributed by atoms with Crippen molar-refractivity contribution in [1.82, 2.24) is 0 Å². The normalized spacial score (nSPS) is 41.4. The van der Waals surface area contributed by atoms with Crippen LogP contribution in [0.25, 0.3) is 0 Å². The summed E-state index contributed by atoms with van der Waals surface area (Å²) >= 11 is 0. The summed E-state index contributed by atoms with van der Waals surface area (Å²) in [6.07, 6.45) is 6.02. The Labute approximate surface area is 129 Å². The number of hydrogen-bond donors (Lipinski definition) is 0. The lowest BCUT2D eigenvalue weighted by atomic mass is 9.70. The van der Waals surface area contributed by atoms with E-state index in [0.29, 0.717) is 11.3 Å². The van der Waals surface area contributed by atoms with Gasteiger partial charge in [-0.1, -0.05) is 20.8 Å². The lowest BCUT2D eigenvalue weighted by Gasteiger charge is -2.35. The summed E-state index contributed by atoms with van der Waals surface area (Å²) in [7, 11) is 0. The quantitative estimate of drug-likeness (QED) is 0.683. The molecule has 2 nitrogen and oxygen atoms in total. The lowest BCUT2D eigenvalue weighted by Crippen LogP contribution is -2.27. The van der Waals surface area contributed by atoms with Gasteiger partial charge in [-0.25, -0.2) is 0 Å². The van der Waals surface area contributed by atoms with Crippen molar-refractivity contribution < 1.29 is 9.53 Å². The first-order valence-electron chi connectivity index (χ1n) is 8.62. The minimum absolute atomic E-state index is 0.0804. The van der Waals surface area contributed by atoms with Crippen LogP contribution in [0.3, 0.4) is 0 Å². The Kier molecular flexibility index (Phi) is 3.31. The fourth-order valence-corrected chi connectivity index (χ4v) is 5.08. The number of allylic oxidation sites excluding steroid dienone is 2. The van der Waals surface area contributed by atoms with E-state index in [1.54, 1.807) is 0 Å². The van der Waals surface area contributed by atoms with Crippen molar-refractivity contribution in [2.75, 3.05) is 0 Å². The molecule has 2 heteroatoms. The highest BCUT2D eigenvalue weighted by Gasteiger charge is 2.74. The second-order valence-electron chi connectivity index (χ2n) is 8.95. The number of rotatable bonds is 2. The fourth-order valence-electron chi connectivity index (χ4n) is 5.08. The van der Waals surface area contributed by atoms with Crippen LogP contribution < -0.4 is 0 Å². The largest absolute Gasteiger partial charge is 0.431 e. The summed E-state index contributed by atoms with van der Waals surface area (Å²) in [6, 6.07) is 0. The van der Waals surface area contributed by atoms with Crippen LogP contribution in [0.15, 0.2) is 11.8 Å². The van der Waals surface area contributed by atoms with E-state index in [-0.39, 0.29) is 5.97 Å². The molecule has 2 saturated carbocycles. The van der Waals surface area contributed by atoms with Gasteiger partial charge in [0, 0.05) is 5.92 Å². The Balaban J connectivity index is 1.79. The molecule has 0 aromatic carbocycles. The molecule has 1 spiro atoms. The van der Waals surface area contributed by atoms with Gasteiger partial charge in [-0.3, -0.25) is 4.79 Å². The van der Waals surface area contributed by atoms with E-state index in [0.717, 1.165) is 35.9 Å². The molecule has 1 unspecified atom stereocenters.